The van der Waals surface area contributed by atoms with Gasteiger partial charge in [-0.05, 0) is 25.5 Å². The van der Waals surface area contributed by atoms with E-state index in [4.69, 9.17) is 23.2 Å². The van der Waals surface area contributed by atoms with E-state index in [2.05, 4.69) is 5.32 Å². The van der Waals surface area contributed by atoms with Crippen molar-refractivity contribution in [2.45, 2.75) is 26.7 Å². The molecule has 0 atom stereocenters. The van der Waals surface area contributed by atoms with Crippen molar-refractivity contribution in [2.75, 3.05) is 37.2 Å². The molecule has 2 rings (SSSR count). The van der Waals surface area contributed by atoms with Crippen LogP contribution in [0, 0.1) is 0 Å². The number of carbonyl (C=O) groups is 2. The van der Waals surface area contributed by atoms with E-state index < -0.39 is 10.0 Å². The van der Waals surface area contributed by atoms with Crippen LogP contribution in [0.5, 0.6) is 0 Å². The van der Waals surface area contributed by atoms with Gasteiger partial charge >= 0.3 is 0 Å². The number of benzene rings is 1. The number of carbonyl (C=O) groups excluding carboxylic acids is 2. The molecule has 1 saturated heterocycles. The van der Waals surface area contributed by atoms with Gasteiger partial charge in [-0.3, -0.25) is 9.59 Å². The predicted octanol–water partition coefficient (Wildman–Crippen LogP) is 2.84. The first-order chi connectivity index (χ1) is 12.7. The number of rotatable bonds is 6. The average molecular weight is 436 g/mol. The number of halogens is 2. The van der Waals surface area contributed by atoms with E-state index in [1.807, 2.05) is 6.92 Å². The molecule has 1 heterocycles. The van der Waals surface area contributed by atoms with Crippen LogP contribution in [0.3, 0.4) is 0 Å². The molecule has 7 nitrogen and oxygen atoms in total. The van der Waals surface area contributed by atoms with Crippen molar-refractivity contribution in [1.82, 2.24) is 9.21 Å². The summed E-state index contributed by atoms with van der Waals surface area (Å²) in [6.45, 7) is 4.43. The van der Waals surface area contributed by atoms with E-state index in [0.717, 1.165) is 0 Å². The number of amides is 2. The van der Waals surface area contributed by atoms with Crippen LogP contribution in [0.25, 0.3) is 0 Å². The second-order valence-corrected chi connectivity index (χ2v) is 9.30. The highest BCUT2D eigenvalue weighted by atomic mass is 35.5. The largest absolute Gasteiger partial charge is 0.336 e. The van der Waals surface area contributed by atoms with Gasteiger partial charge in [0.25, 0.3) is 5.91 Å². The third-order valence-electron chi connectivity index (χ3n) is 4.31. The maximum atomic E-state index is 13.0. The number of nitrogens with one attached hydrogen (secondary N) is 1. The van der Waals surface area contributed by atoms with Gasteiger partial charge in [0.15, 0.2) is 0 Å². The van der Waals surface area contributed by atoms with Crippen LogP contribution < -0.4 is 5.32 Å². The summed E-state index contributed by atoms with van der Waals surface area (Å²) in [6.07, 6.45) is 0.967. The molecule has 1 aliphatic rings. The zero-order valence-corrected chi connectivity index (χ0v) is 17.6. The summed E-state index contributed by atoms with van der Waals surface area (Å²) in [5.74, 6) is -0.562. The lowest BCUT2D eigenvalue weighted by molar-refractivity contribution is -0.116. The number of hydrogen-bond donors (Lipinski definition) is 1. The number of piperazine rings is 1. The van der Waals surface area contributed by atoms with Crippen molar-refractivity contribution in [3.8, 4) is 0 Å². The fourth-order valence-electron chi connectivity index (χ4n) is 2.82. The van der Waals surface area contributed by atoms with Crippen LogP contribution in [0.4, 0.5) is 5.69 Å². The molecule has 0 aliphatic carbocycles. The van der Waals surface area contributed by atoms with Crippen molar-refractivity contribution in [3.63, 3.8) is 0 Å². The summed E-state index contributed by atoms with van der Waals surface area (Å²) in [7, 11) is -3.28. The molecule has 150 valence electrons. The zero-order valence-electron chi connectivity index (χ0n) is 15.3. The summed E-state index contributed by atoms with van der Waals surface area (Å²) in [5, 5.41) is 3.15. The first-order valence-electron chi connectivity index (χ1n) is 8.75. The quantitative estimate of drug-likeness (QED) is 0.743. The molecule has 0 bridgehead atoms. The first-order valence-corrected chi connectivity index (χ1v) is 11.1. The van der Waals surface area contributed by atoms with Crippen LogP contribution in [0.1, 0.15) is 37.0 Å². The minimum absolute atomic E-state index is 0.0262. The highest BCUT2D eigenvalue weighted by molar-refractivity contribution is 7.89. The summed E-state index contributed by atoms with van der Waals surface area (Å²) in [6, 6.07) is 2.93. The third-order valence-corrected chi connectivity index (χ3v) is 6.71. The lowest BCUT2D eigenvalue weighted by atomic mass is 10.1. The van der Waals surface area contributed by atoms with E-state index >= 15 is 0 Å². The van der Waals surface area contributed by atoms with Gasteiger partial charge in [-0.2, -0.15) is 4.31 Å². The monoisotopic (exact) mass is 435 g/mol. The molecule has 27 heavy (non-hydrogen) atoms. The lowest BCUT2D eigenvalue weighted by Crippen LogP contribution is -2.51. The van der Waals surface area contributed by atoms with Crippen LogP contribution in [-0.2, 0) is 14.8 Å². The Morgan fingerprint density at radius 3 is 2.30 bits per heavy atom. The van der Waals surface area contributed by atoms with Gasteiger partial charge in [0.1, 0.15) is 0 Å². The van der Waals surface area contributed by atoms with E-state index in [1.54, 1.807) is 11.8 Å². The number of hydrogen-bond acceptors (Lipinski definition) is 4. The van der Waals surface area contributed by atoms with E-state index in [9.17, 15) is 18.0 Å². The molecule has 0 aromatic heterocycles. The van der Waals surface area contributed by atoms with Crippen molar-refractivity contribution in [2.24, 2.45) is 0 Å². The molecule has 10 heteroatoms. The minimum atomic E-state index is -3.28. The molecule has 0 radical (unpaired) electrons. The third kappa shape index (κ3) is 5.34. The maximum absolute atomic E-state index is 13.0. The molecule has 1 N–H and O–H groups in total. The van der Waals surface area contributed by atoms with Gasteiger partial charge in [0, 0.05) is 37.6 Å². The molecule has 0 spiro atoms. The zero-order chi connectivity index (χ0) is 20.2. The molecule has 1 aromatic carbocycles. The highest BCUT2D eigenvalue weighted by Gasteiger charge is 2.29. The van der Waals surface area contributed by atoms with Crippen LogP contribution in [0.2, 0.25) is 10.0 Å². The standard InChI is InChI=1S/C17H23Cl2N3O4S/c1-3-5-15(23)20-16-13(10-12(18)11-14(16)19)17(24)21-6-8-22(9-7-21)27(25,26)4-2/h10-11H,3-9H2,1-2H3,(H,20,23). The van der Waals surface area contributed by atoms with Gasteiger partial charge in [0.2, 0.25) is 15.9 Å². The fourth-order valence-corrected chi connectivity index (χ4v) is 4.45. The molecular formula is C17H23Cl2N3O4S. The Morgan fingerprint density at radius 2 is 1.74 bits per heavy atom. The van der Waals surface area contributed by atoms with E-state index in [1.165, 1.54) is 16.4 Å². The molecule has 1 fully saturated rings. The number of anilines is 1. The van der Waals surface area contributed by atoms with Crippen LogP contribution in [-0.4, -0.2) is 61.4 Å². The molecular weight excluding hydrogens is 413 g/mol. The highest BCUT2D eigenvalue weighted by Crippen LogP contribution is 2.31. The SMILES string of the molecule is CCCC(=O)Nc1c(Cl)cc(Cl)cc1C(=O)N1CCN(S(=O)(=O)CC)CC1. The average Bonchev–Trinajstić information content (AvgIpc) is 2.63. The Balaban J connectivity index is 2.22. The Kier molecular flexibility index (Phi) is 7.50. The predicted molar refractivity (Wildman–Crippen MR) is 107 cm³/mol. The number of sulfonamides is 1. The molecule has 0 unspecified atom stereocenters. The molecule has 1 aliphatic heterocycles. The van der Waals surface area contributed by atoms with Crippen molar-refractivity contribution < 1.29 is 18.0 Å². The van der Waals surface area contributed by atoms with E-state index in [0.29, 0.717) is 12.8 Å². The van der Waals surface area contributed by atoms with Gasteiger partial charge in [-0.1, -0.05) is 30.1 Å². The summed E-state index contributed by atoms with van der Waals surface area (Å²) >= 11 is 12.3. The van der Waals surface area contributed by atoms with Gasteiger partial charge in [-0.25, -0.2) is 8.42 Å². The van der Waals surface area contributed by atoms with Crippen molar-refractivity contribution >= 4 is 50.7 Å². The Labute approximate surface area is 169 Å². The minimum Gasteiger partial charge on any atom is -0.336 e. The van der Waals surface area contributed by atoms with Gasteiger partial charge < -0.3 is 10.2 Å². The van der Waals surface area contributed by atoms with Gasteiger partial charge in [0.05, 0.1) is 22.0 Å². The van der Waals surface area contributed by atoms with Crippen molar-refractivity contribution in [3.05, 3.63) is 27.7 Å². The topological polar surface area (TPSA) is 86.8 Å². The second kappa shape index (κ2) is 9.23. The summed E-state index contributed by atoms with van der Waals surface area (Å²) < 4.78 is 25.3. The summed E-state index contributed by atoms with van der Waals surface area (Å²) in [5.41, 5.74) is 0.428. The Bertz CT molecular complexity index is 822. The van der Waals surface area contributed by atoms with Crippen LogP contribution in [0.15, 0.2) is 12.1 Å². The Hall–Kier alpha value is -1.35. The first kappa shape index (κ1) is 21.9. The fraction of sp³-hybridized carbons (Fsp3) is 0.529. The molecule has 0 saturated carbocycles. The molecule has 2 amide bonds. The molecule has 1 aromatic rings. The smallest absolute Gasteiger partial charge is 0.256 e. The number of nitrogens with zero attached hydrogens (tertiary/aromatic N) is 2. The van der Waals surface area contributed by atoms with Gasteiger partial charge in [-0.15, -0.1) is 0 Å². The van der Waals surface area contributed by atoms with E-state index in [-0.39, 0.29) is 65.0 Å². The maximum Gasteiger partial charge on any atom is 0.256 e. The van der Waals surface area contributed by atoms with Crippen LogP contribution >= 0.6 is 23.2 Å². The Morgan fingerprint density at radius 1 is 1.11 bits per heavy atom. The second-order valence-electron chi connectivity index (χ2n) is 6.20. The lowest BCUT2D eigenvalue weighted by Gasteiger charge is -2.34. The normalized spacial score (nSPS) is 15.6. The van der Waals surface area contributed by atoms with Crippen molar-refractivity contribution in [1.29, 1.82) is 0 Å². The summed E-state index contributed by atoms with van der Waals surface area (Å²) in [4.78, 5) is 26.5.